The van der Waals surface area contributed by atoms with Crippen LogP contribution in [0.4, 0.5) is 0 Å². The summed E-state index contributed by atoms with van der Waals surface area (Å²) in [5, 5.41) is 9.31. The van der Waals surface area contributed by atoms with Crippen LogP contribution in [0.2, 0.25) is 0 Å². The summed E-state index contributed by atoms with van der Waals surface area (Å²) < 4.78 is 5.78. The second-order valence-electron chi connectivity index (χ2n) is 6.51. The molecular formula is C19H29N3O2. The number of imidazole rings is 1. The number of aromatic amines is 1. The van der Waals surface area contributed by atoms with Crippen molar-refractivity contribution in [3.05, 3.63) is 36.3 Å². The Bertz CT molecular complexity index is 605. The smallest absolute Gasteiger partial charge is 0.128 e. The number of aliphatic hydroxyl groups is 1. The molecule has 4 N–H and O–H groups in total. The van der Waals surface area contributed by atoms with E-state index in [0.29, 0.717) is 5.82 Å². The lowest BCUT2D eigenvalue weighted by atomic mass is 10.1. The van der Waals surface area contributed by atoms with Crippen LogP contribution in [0.25, 0.3) is 11.3 Å². The minimum atomic E-state index is -0.862. The molecule has 0 saturated heterocycles. The molecular weight excluding hydrogens is 302 g/mol. The fourth-order valence-corrected chi connectivity index (χ4v) is 2.46. The van der Waals surface area contributed by atoms with Gasteiger partial charge in [-0.15, -0.1) is 0 Å². The van der Waals surface area contributed by atoms with E-state index in [1.54, 1.807) is 13.1 Å². The summed E-state index contributed by atoms with van der Waals surface area (Å²) in [7, 11) is 0. The first-order valence-corrected chi connectivity index (χ1v) is 8.75. The summed E-state index contributed by atoms with van der Waals surface area (Å²) in [5.74, 6) is 1.46. The third-order valence-corrected chi connectivity index (χ3v) is 4.13. The van der Waals surface area contributed by atoms with Gasteiger partial charge in [-0.3, -0.25) is 0 Å². The molecule has 2 aromatic rings. The molecule has 132 valence electrons. The first-order chi connectivity index (χ1) is 11.6. The van der Waals surface area contributed by atoms with Crippen molar-refractivity contribution in [2.75, 3.05) is 13.2 Å². The van der Waals surface area contributed by atoms with Crippen LogP contribution in [-0.2, 0) is 5.54 Å². The normalized spacial score (nSPS) is 13.7. The topological polar surface area (TPSA) is 84.2 Å². The van der Waals surface area contributed by atoms with E-state index in [1.807, 2.05) is 24.3 Å². The van der Waals surface area contributed by atoms with E-state index >= 15 is 0 Å². The summed E-state index contributed by atoms with van der Waals surface area (Å²) in [5.41, 5.74) is 7.01. The van der Waals surface area contributed by atoms with Gasteiger partial charge in [-0.2, -0.15) is 0 Å². The minimum absolute atomic E-state index is 0.162. The Morgan fingerprint density at radius 3 is 2.54 bits per heavy atom. The van der Waals surface area contributed by atoms with Crippen LogP contribution < -0.4 is 10.5 Å². The maximum absolute atomic E-state index is 9.31. The van der Waals surface area contributed by atoms with E-state index in [0.717, 1.165) is 30.0 Å². The number of H-pyrrole nitrogens is 1. The quantitative estimate of drug-likeness (QED) is 0.581. The molecule has 1 aromatic carbocycles. The van der Waals surface area contributed by atoms with E-state index in [9.17, 15) is 5.11 Å². The Morgan fingerprint density at radius 2 is 1.88 bits per heavy atom. The summed E-state index contributed by atoms with van der Waals surface area (Å²) in [4.78, 5) is 7.45. The molecule has 0 aliphatic carbocycles. The van der Waals surface area contributed by atoms with Gasteiger partial charge in [0.15, 0.2) is 0 Å². The second kappa shape index (κ2) is 8.85. The molecule has 0 spiro atoms. The molecule has 1 aromatic heterocycles. The average Bonchev–Trinajstić information content (AvgIpc) is 3.09. The number of benzene rings is 1. The summed E-state index contributed by atoms with van der Waals surface area (Å²) in [6.07, 6.45) is 7.92. The zero-order valence-electron chi connectivity index (χ0n) is 14.7. The lowest BCUT2D eigenvalue weighted by Crippen LogP contribution is -2.38. The van der Waals surface area contributed by atoms with Crippen molar-refractivity contribution >= 4 is 0 Å². The van der Waals surface area contributed by atoms with E-state index in [1.165, 1.54) is 25.7 Å². The Labute approximate surface area is 144 Å². The first-order valence-electron chi connectivity index (χ1n) is 8.75. The molecule has 2 rings (SSSR count). The summed E-state index contributed by atoms with van der Waals surface area (Å²) >= 11 is 0. The zero-order chi connectivity index (χ0) is 17.4. The third-order valence-electron chi connectivity index (χ3n) is 4.13. The number of nitrogens with one attached hydrogen (secondary N) is 1. The molecule has 0 amide bonds. The van der Waals surface area contributed by atoms with Gasteiger partial charge in [-0.05, 0) is 43.2 Å². The lowest BCUT2D eigenvalue weighted by molar-refractivity contribution is 0.204. The van der Waals surface area contributed by atoms with Crippen molar-refractivity contribution in [2.24, 2.45) is 5.73 Å². The molecule has 0 aliphatic rings. The fourth-order valence-electron chi connectivity index (χ4n) is 2.46. The number of hydrogen-bond donors (Lipinski definition) is 3. The van der Waals surface area contributed by atoms with Crippen molar-refractivity contribution in [3.8, 4) is 17.0 Å². The van der Waals surface area contributed by atoms with Crippen LogP contribution in [0.1, 0.15) is 51.8 Å². The number of nitrogens with two attached hydrogens (primary N) is 1. The highest BCUT2D eigenvalue weighted by Crippen LogP contribution is 2.23. The summed E-state index contributed by atoms with van der Waals surface area (Å²) in [6.45, 7) is 4.57. The Morgan fingerprint density at radius 1 is 1.17 bits per heavy atom. The number of aromatic nitrogens is 2. The van der Waals surface area contributed by atoms with Gasteiger partial charge in [0.2, 0.25) is 0 Å². The Balaban J connectivity index is 1.88. The fraction of sp³-hybridized carbons (Fsp3) is 0.526. The van der Waals surface area contributed by atoms with E-state index in [2.05, 4.69) is 16.9 Å². The average molecular weight is 331 g/mol. The van der Waals surface area contributed by atoms with E-state index < -0.39 is 5.54 Å². The van der Waals surface area contributed by atoms with Crippen molar-refractivity contribution in [1.82, 2.24) is 9.97 Å². The van der Waals surface area contributed by atoms with Crippen molar-refractivity contribution in [3.63, 3.8) is 0 Å². The van der Waals surface area contributed by atoms with Crippen molar-refractivity contribution in [2.45, 2.75) is 51.5 Å². The van der Waals surface area contributed by atoms with Gasteiger partial charge in [0.25, 0.3) is 0 Å². The molecule has 5 nitrogen and oxygen atoms in total. The van der Waals surface area contributed by atoms with Crippen LogP contribution in [-0.4, -0.2) is 28.3 Å². The van der Waals surface area contributed by atoms with Crippen LogP contribution >= 0.6 is 0 Å². The number of nitrogens with zero attached hydrogens (tertiary/aromatic N) is 1. The van der Waals surface area contributed by atoms with E-state index in [-0.39, 0.29) is 6.61 Å². The van der Waals surface area contributed by atoms with E-state index in [4.69, 9.17) is 10.5 Å². The molecule has 0 aliphatic heterocycles. The Hall–Kier alpha value is -1.85. The molecule has 1 atom stereocenters. The predicted octanol–water partition coefficient (Wildman–Crippen LogP) is 3.59. The highest BCUT2D eigenvalue weighted by atomic mass is 16.5. The lowest BCUT2D eigenvalue weighted by Gasteiger charge is -2.18. The standard InChI is InChI=1S/C19H29N3O2/c1-3-4-5-6-7-12-24-16-10-8-15(9-11-16)17-13-21-18(22-17)19(2,20)14-23/h8-11,13,23H,3-7,12,14,20H2,1-2H3,(H,21,22). The SMILES string of the molecule is CCCCCCCOc1ccc(-c2cnc(C(C)(N)CO)[nH]2)cc1. The predicted molar refractivity (Wildman–Crippen MR) is 96.9 cm³/mol. The van der Waals surface area contributed by atoms with Crippen LogP contribution in [0.15, 0.2) is 30.5 Å². The number of hydrogen-bond acceptors (Lipinski definition) is 4. The largest absolute Gasteiger partial charge is 0.494 e. The zero-order valence-corrected chi connectivity index (χ0v) is 14.7. The number of aliphatic hydroxyl groups excluding tert-OH is 1. The molecule has 0 radical (unpaired) electrons. The minimum Gasteiger partial charge on any atom is -0.494 e. The van der Waals surface area contributed by atoms with Gasteiger partial charge in [0, 0.05) is 0 Å². The first kappa shape index (κ1) is 18.5. The number of ether oxygens (including phenoxy) is 1. The van der Waals surface area contributed by atoms with Gasteiger partial charge < -0.3 is 20.6 Å². The summed E-state index contributed by atoms with van der Waals surface area (Å²) in [6, 6.07) is 7.93. The molecule has 1 unspecified atom stereocenters. The molecule has 24 heavy (non-hydrogen) atoms. The van der Waals surface area contributed by atoms with Crippen LogP contribution in [0, 0.1) is 0 Å². The van der Waals surface area contributed by atoms with Gasteiger partial charge in [-0.25, -0.2) is 4.98 Å². The highest BCUT2D eigenvalue weighted by Gasteiger charge is 2.23. The third kappa shape index (κ3) is 5.08. The molecule has 5 heteroatoms. The van der Waals surface area contributed by atoms with Gasteiger partial charge >= 0.3 is 0 Å². The van der Waals surface area contributed by atoms with Gasteiger partial charge in [0.1, 0.15) is 11.6 Å². The second-order valence-corrected chi connectivity index (χ2v) is 6.51. The Kier molecular flexibility index (Phi) is 6.82. The number of unbranched alkanes of at least 4 members (excludes halogenated alkanes) is 4. The maximum Gasteiger partial charge on any atom is 0.128 e. The molecule has 1 heterocycles. The van der Waals surface area contributed by atoms with Crippen LogP contribution in [0.3, 0.4) is 0 Å². The molecule has 0 fully saturated rings. The van der Waals surface area contributed by atoms with Gasteiger partial charge in [0.05, 0.1) is 30.6 Å². The monoisotopic (exact) mass is 331 g/mol. The highest BCUT2D eigenvalue weighted by molar-refractivity contribution is 5.59. The van der Waals surface area contributed by atoms with Crippen molar-refractivity contribution < 1.29 is 9.84 Å². The van der Waals surface area contributed by atoms with Gasteiger partial charge in [-0.1, -0.05) is 32.6 Å². The maximum atomic E-state index is 9.31. The molecule has 0 saturated carbocycles. The van der Waals surface area contributed by atoms with Crippen LogP contribution in [0.5, 0.6) is 5.75 Å². The molecule has 0 bridgehead atoms. The van der Waals surface area contributed by atoms with Crippen molar-refractivity contribution in [1.29, 1.82) is 0 Å². The number of rotatable bonds is 10.